The highest BCUT2D eigenvalue weighted by atomic mass is 15.2. The van der Waals surface area contributed by atoms with Crippen LogP contribution in [0.3, 0.4) is 0 Å². The van der Waals surface area contributed by atoms with E-state index in [1.165, 1.54) is 39.3 Å². The van der Waals surface area contributed by atoms with Gasteiger partial charge in [-0.2, -0.15) is 0 Å². The summed E-state index contributed by atoms with van der Waals surface area (Å²) in [6.07, 6.45) is 3.92. The van der Waals surface area contributed by atoms with Gasteiger partial charge >= 0.3 is 0 Å². The predicted molar refractivity (Wildman–Crippen MR) is 158 cm³/mol. The SMILES string of the molecule is CC1(C)c2ccccc2N(c2cccc(N3c4ccccc4C(C)(C)c4ccncc43)c2)c2ccccc21. The maximum atomic E-state index is 4.55. The summed E-state index contributed by atoms with van der Waals surface area (Å²) in [5, 5.41) is 0. The second kappa shape index (κ2) is 8.06. The summed E-state index contributed by atoms with van der Waals surface area (Å²) < 4.78 is 0. The van der Waals surface area contributed by atoms with E-state index in [2.05, 4.69) is 146 Å². The first-order valence-electron chi connectivity index (χ1n) is 13.3. The lowest BCUT2D eigenvalue weighted by atomic mass is 9.73. The lowest BCUT2D eigenvalue weighted by Gasteiger charge is -2.43. The van der Waals surface area contributed by atoms with Gasteiger partial charge in [0.1, 0.15) is 0 Å². The van der Waals surface area contributed by atoms with Crippen molar-refractivity contribution in [2.24, 2.45) is 0 Å². The van der Waals surface area contributed by atoms with Gasteiger partial charge in [-0.15, -0.1) is 0 Å². The minimum atomic E-state index is -0.112. The summed E-state index contributed by atoms with van der Waals surface area (Å²) in [5.41, 5.74) is 12.2. The predicted octanol–water partition coefficient (Wildman–Crippen LogP) is 9.30. The van der Waals surface area contributed by atoms with Crippen molar-refractivity contribution in [2.75, 3.05) is 9.80 Å². The number of aromatic nitrogens is 1. The van der Waals surface area contributed by atoms with E-state index in [-0.39, 0.29) is 10.8 Å². The zero-order chi connectivity index (χ0) is 26.1. The topological polar surface area (TPSA) is 19.4 Å². The number of hydrogen-bond donors (Lipinski definition) is 0. The van der Waals surface area contributed by atoms with Gasteiger partial charge in [-0.25, -0.2) is 0 Å². The molecule has 5 aromatic rings. The number of pyridine rings is 1. The molecule has 0 saturated carbocycles. The minimum Gasteiger partial charge on any atom is -0.310 e. The molecule has 3 heteroatoms. The average Bonchev–Trinajstić information content (AvgIpc) is 2.94. The molecule has 0 N–H and O–H groups in total. The molecular weight excluding hydrogens is 462 g/mol. The van der Waals surface area contributed by atoms with Crippen molar-refractivity contribution >= 4 is 34.1 Å². The third kappa shape index (κ3) is 3.11. The van der Waals surface area contributed by atoms with Gasteiger partial charge in [0.05, 0.1) is 28.9 Å². The second-order valence-corrected chi connectivity index (χ2v) is 11.4. The molecule has 186 valence electrons. The van der Waals surface area contributed by atoms with Crippen LogP contribution >= 0.6 is 0 Å². The maximum absolute atomic E-state index is 4.55. The van der Waals surface area contributed by atoms with Crippen LogP contribution in [0.15, 0.2) is 116 Å². The van der Waals surface area contributed by atoms with E-state index >= 15 is 0 Å². The molecule has 2 aliphatic rings. The van der Waals surface area contributed by atoms with E-state index in [1.807, 2.05) is 12.4 Å². The molecule has 3 heterocycles. The molecule has 0 bridgehead atoms. The number of rotatable bonds is 2. The summed E-state index contributed by atoms with van der Waals surface area (Å²) in [6, 6.07) is 37.5. The fourth-order valence-corrected chi connectivity index (χ4v) is 6.56. The van der Waals surface area contributed by atoms with Gasteiger partial charge in [0.25, 0.3) is 0 Å². The van der Waals surface area contributed by atoms with Crippen LogP contribution in [-0.4, -0.2) is 4.98 Å². The minimum absolute atomic E-state index is 0.0801. The molecule has 7 rings (SSSR count). The number of benzene rings is 4. The van der Waals surface area contributed by atoms with Crippen LogP contribution in [0.5, 0.6) is 0 Å². The highest BCUT2D eigenvalue weighted by Crippen LogP contribution is 2.54. The summed E-state index contributed by atoms with van der Waals surface area (Å²) in [7, 11) is 0. The third-order valence-electron chi connectivity index (χ3n) is 8.52. The van der Waals surface area contributed by atoms with Crippen LogP contribution < -0.4 is 9.80 Å². The molecule has 0 atom stereocenters. The van der Waals surface area contributed by atoms with Crippen LogP contribution in [0.25, 0.3) is 0 Å². The molecule has 0 unspecified atom stereocenters. The summed E-state index contributed by atoms with van der Waals surface area (Å²) in [6.45, 7) is 9.27. The molecule has 0 radical (unpaired) electrons. The fourth-order valence-electron chi connectivity index (χ4n) is 6.56. The Balaban J connectivity index is 1.45. The van der Waals surface area contributed by atoms with Gasteiger partial charge in [0, 0.05) is 28.4 Å². The van der Waals surface area contributed by atoms with Crippen LogP contribution in [0.1, 0.15) is 49.9 Å². The van der Waals surface area contributed by atoms with E-state index in [0.29, 0.717) is 0 Å². The van der Waals surface area contributed by atoms with Gasteiger partial charge < -0.3 is 9.80 Å². The molecule has 1 aromatic heterocycles. The normalized spacial score (nSPS) is 16.2. The van der Waals surface area contributed by atoms with Gasteiger partial charge in [-0.1, -0.05) is 88.4 Å². The first-order chi connectivity index (χ1) is 18.4. The Hall–Kier alpha value is -4.37. The first-order valence-corrected chi connectivity index (χ1v) is 13.3. The van der Waals surface area contributed by atoms with Crippen molar-refractivity contribution in [3.8, 4) is 0 Å². The molecule has 0 spiro atoms. The second-order valence-electron chi connectivity index (χ2n) is 11.4. The van der Waals surface area contributed by atoms with Crippen LogP contribution in [-0.2, 0) is 10.8 Å². The number of fused-ring (bicyclic) bond motifs is 4. The Morgan fingerprint density at radius 2 is 0.895 bits per heavy atom. The van der Waals surface area contributed by atoms with Crippen molar-refractivity contribution in [3.05, 3.63) is 138 Å². The molecule has 38 heavy (non-hydrogen) atoms. The Labute approximate surface area is 225 Å². The molecule has 4 aromatic carbocycles. The van der Waals surface area contributed by atoms with E-state index in [1.54, 1.807) is 0 Å². The van der Waals surface area contributed by atoms with E-state index in [0.717, 1.165) is 17.1 Å². The number of para-hydroxylation sites is 3. The summed E-state index contributed by atoms with van der Waals surface area (Å²) in [4.78, 5) is 9.34. The van der Waals surface area contributed by atoms with E-state index < -0.39 is 0 Å². The van der Waals surface area contributed by atoms with E-state index in [9.17, 15) is 0 Å². The average molecular weight is 494 g/mol. The first kappa shape index (κ1) is 22.8. The highest BCUT2D eigenvalue weighted by Gasteiger charge is 2.38. The van der Waals surface area contributed by atoms with Gasteiger partial charge in [-0.3, -0.25) is 4.98 Å². The van der Waals surface area contributed by atoms with E-state index in [4.69, 9.17) is 0 Å². The monoisotopic (exact) mass is 493 g/mol. The Morgan fingerprint density at radius 1 is 0.474 bits per heavy atom. The zero-order valence-electron chi connectivity index (χ0n) is 22.3. The molecule has 0 amide bonds. The van der Waals surface area contributed by atoms with Crippen molar-refractivity contribution in [1.29, 1.82) is 0 Å². The Kier molecular flexibility index (Phi) is 4.84. The number of nitrogens with zero attached hydrogens (tertiary/aromatic N) is 3. The molecule has 0 fully saturated rings. The van der Waals surface area contributed by atoms with Crippen LogP contribution in [0, 0.1) is 0 Å². The van der Waals surface area contributed by atoms with Crippen molar-refractivity contribution in [2.45, 2.75) is 38.5 Å². The maximum Gasteiger partial charge on any atom is 0.0685 e. The smallest absolute Gasteiger partial charge is 0.0685 e. The van der Waals surface area contributed by atoms with Crippen molar-refractivity contribution in [1.82, 2.24) is 4.98 Å². The van der Waals surface area contributed by atoms with Gasteiger partial charge in [-0.05, 0) is 64.7 Å². The summed E-state index contributed by atoms with van der Waals surface area (Å²) >= 11 is 0. The Morgan fingerprint density at radius 3 is 1.39 bits per heavy atom. The van der Waals surface area contributed by atoms with Crippen molar-refractivity contribution in [3.63, 3.8) is 0 Å². The van der Waals surface area contributed by atoms with Gasteiger partial charge in [0.2, 0.25) is 0 Å². The number of anilines is 6. The highest BCUT2D eigenvalue weighted by molar-refractivity contribution is 5.90. The molecule has 2 aliphatic heterocycles. The molecule has 3 nitrogen and oxygen atoms in total. The lowest BCUT2D eigenvalue weighted by molar-refractivity contribution is 0.630. The largest absolute Gasteiger partial charge is 0.310 e. The molecule has 0 saturated heterocycles. The van der Waals surface area contributed by atoms with Crippen LogP contribution in [0.2, 0.25) is 0 Å². The van der Waals surface area contributed by atoms with Gasteiger partial charge in [0.15, 0.2) is 0 Å². The van der Waals surface area contributed by atoms with Crippen molar-refractivity contribution < 1.29 is 0 Å². The summed E-state index contributed by atoms with van der Waals surface area (Å²) in [5.74, 6) is 0. The standard InChI is InChI=1S/C35H31N3/c1-34(2)26-14-5-8-17-30(26)37(31-18-9-6-15-27(31)34)24-12-11-13-25(22-24)38-32-19-10-7-16-28(32)35(3,4)29-20-21-36-23-33(29)38/h5-23H,1-4H3. The molecule has 0 aliphatic carbocycles. The third-order valence-corrected chi connectivity index (χ3v) is 8.52. The quantitative estimate of drug-likeness (QED) is 0.244. The van der Waals surface area contributed by atoms with Crippen LogP contribution in [0.4, 0.5) is 34.1 Å². The number of hydrogen-bond acceptors (Lipinski definition) is 3. The zero-order valence-corrected chi connectivity index (χ0v) is 22.3. The molecular formula is C35H31N3. The Bertz CT molecular complexity index is 1480. The lowest BCUT2D eigenvalue weighted by Crippen LogP contribution is -2.31. The fraction of sp³-hybridized carbons (Fsp3) is 0.171.